The van der Waals surface area contributed by atoms with Gasteiger partial charge < -0.3 is 25.2 Å². The molecule has 0 saturated heterocycles. The van der Waals surface area contributed by atoms with Crippen LogP contribution < -0.4 is 5.32 Å². The summed E-state index contributed by atoms with van der Waals surface area (Å²) < 4.78 is 5.21. The topological polar surface area (TPSA) is 133 Å². The number of carbonyl (C=O) groups excluding carboxylic acids is 1. The minimum atomic E-state index is -1.64. The number of para-hydroxylation sites is 1. The van der Waals surface area contributed by atoms with Gasteiger partial charge in [-0.2, -0.15) is 0 Å². The second kappa shape index (κ2) is 10.7. The molecule has 8 heteroatoms. The Balaban J connectivity index is 1.49. The fourth-order valence-electron chi connectivity index (χ4n) is 3.76. The second-order valence-corrected chi connectivity index (χ2v) is 8.12. The third-order valence-electron chi connectivity index (χ3n) is 5.58. The highest BCUT2D eigenvalue weighted by molar-refractivity contribution is 5.93. The largest absolute Gasteiger partial charge is 0.507 e. The monoisotopic (exact) mass is 472 g/mol. The SMILES string of the molecule is O=C(N[C@H](Cc1ccc(-c2ccccc2)cc1)C[C@@H](O)C(=O)O)c1cc(-c2ccccc2O)on1. The predicted octanol–water partition coefficient (Wildman–Crippen LogP) is 3.89. The van der Waals surface area contributed by atoms with Crippen LogP contribution in [-0.2, 0) is 11.2 Å². The molecule has 1 amide bonds. The van der Waals surface area contributed by atoms with Gasteiger partial charge in [0.05, 0.1) is 5.56 Å². The number of phenolic OH excluding ortho intramolecular Hbond substituents is 1. The zero-order valence-electron chi connectivity index (χ0n) is 18.7. The summed E-state index contributed by atoms with van der Waals surface area (Å²) in [6.07, 6.45) is -1.53. The van der Waals surface area contributed by atoms with E-state index in [2.05, 4.69) is 10.5 Å². The first-order chi connectivity index (χ1) is 16.9. The molecule has 0 aliphatic rings. The number of rotatable bonds is 9. The average molecular weight is 472 g/mol. The highest BCUT2D eigenvalue weighted by Crippen LogP contribution is 2.29. The van der Waals surface area contributed by atoms with E-state index < -0.39 is 24.0 Å². The van der Waals surface area contributed by atoms with Gasteiger partial charge in [0.2, 0.25) is 0 Å². The molecule has 3 aromatic carbocycles. The van der Waals surface area contributed by atoms with Crippen LogP contribution in [0.15, 0.2) is 89.5 Å². The molecular formula is C27H24N2O6. The van der Waals surface area contributed by atoms with Crippen molar-refractivity contribution in [2.75, 3.05) is 0 Å². The van der Waals surface area contributed by atoms with Crippen molar-refractivity contribution in [2.45, 2.75) is 25.0 Å². The number of carboxylic acids is 1. The third-order valence-corrected chi connectivity index (χ3v) is 5.58. The molecule has 0 unspecified atom stereocenters. The van der Waals surface area contributed by atoms with Gasteiger partial charge in [-0.1, -0.05) is 71.9 Å². The van der Waals surface area contributed by atoms with Crippen LogP contribution in [0.25, 0.3) is 22.5 Å². The lowest BCUT2D eigenvalue weighted by molar-refractivity contribution is -0.147. The second-order valence-electron chi connectivity index (χ2n) is 8.12. The van der Waals surface area contributed by atoms with Gasteiger partial charge in [0, 0.05) is 18.5 Å². The van der Waals surface area contributed by atoms with Crippen molar-refractivity contribution >= 4 is 11.9 Å². The van der Waals surface area contributed by atoms with E-state index in [1.54, 1.807) is 18.2 Å². The van der Waals surface area contributed by atoms with E-state index in [0.717, 1.165) is 16.7 Å². The number of hydrogen-bond acceptors (Lipinski definition) is 6. The van der Waals surface area contributed by atoms with Crippen molar-refractivity contribution in [3.8, 4) is 28.2 Å². The van der Waals surface area contributed by atoms with Crippen LogP contribution in [0.3, 0.4) is 0 Å². The Morgan fingerprint density at radius 3 is 2.26 bits per heavy atom. The highest BCUT2D eigenvalue weighted by atomic mass is 16.5. The normalized spacial score (nSPS) is 12.6. The Labute approximate surface area is 201 Å². The molecule has 0 aliphatic carbocycles. The van der Waals surface area contributed by atoms with Crippen molar-refractivity contribution in [3.05, 3.63) is 96.2 Å². The van der Waals surface area contributed by atoms with Crippen LogP contribution >= 0.6 is 0 Å². The van der Waals surface area contributed by atoms with E-state index in [9.17, 15) is 19.8 Å². The molecule has 0 bridgehead atoms. The summed E-state index contributed by atoms with van der Waals surface area (Å²) in [5.41, 5.74) is 3.31. The van der Waals surface area contributed by atoms with Gasteiger partial charge in [-0.05, 0) is 35.2 Å². The first-order valence-electron chi connectivity index (χ1n) is 11.0. The number of nitrogens with zero attached hydrogens (tertiary/aromatic N) is 1. The zero-order chi connectivity index (χ0) is 24.8. The number of benzene rings is 3. The number of aromatic hydroxyl groups is 1. The van der Waals surface area contributed by atoms with Crippen molar-refractivity contribution in [3.63, 3.8) is 0 Å². The minimum absolute atomic E-state index is 0.0167. The molecule has 0 spiro atoms. The number of aliphatic hydroxyl groups is 1. The number of aliphatic hydroxyl groups excluding tert-OH is 1. The molecule has 1 heterocycles. The van der Waals surface area contributed by atoms with E-state index in [0.29, 0.717) is 12.0 Å². The lowest BCUT2D eigenvalue weighted by atomic mass is 9.97. The molecule has 35 heavy (non-hydrogen) atoms. The maximum absolute atomic E-state index is 12.8. The average Bonchev–Trinajstić information content (AvgIpc) is 3.35. The molecule has 0 aliphatic heterocycles. The number of aliphatic carboxylic acids is 1. The predicted molar refractivity (Wildman–Crippen MR) is 129 cm³/mol. The number of amides is 1. The first kappa shape index (κ1) is 23.7. The fraction of sp³-hybridized carbons (Fsp3) is 0.148. The Morgan fingerprint density at radius 2 is 1.57 bits per heavy atom. The lowest BCUT2D eigenvalue weighted by Gasteiger charge is -2.20. The van der Waals surface area contributed by atoms with Crippen LogP contribution in [0.5, 0.6) is 5.75 Å². The molecule has 0 fully saturated rings. The van der Waals surface area contributed by atoms with Gasteiger partial charge in [0.15, 0.2) is 17.6 Å². The quantitative estimate of drug-likeness (QED) is 0.290. The van der Waals surface area contributed by atoms with E-state index in [-0.39, 0.29) is 23.6 Å². The molecular weight excluding hydrogens is 448 g/mol. The summed E-state index contributed by atoms with van der Waals surface area (Å²) in [5.74, 6) is -1.75. The van der Waals surface area contributed by atoms with Gasteiger partial charge >= 0.3 is 5.97 Å². The molecule has 0 saturated carbocycles. The third kappa shape index (κ3) is 5.93. The first-order valence-corrected chi connectivity index (χ1v) is 11.0. The molecule has 2 atom stereocenters. The Morgan fingerprint density at radius 1 is 0.914 bits per heavy atom. The maximum atomic E-state index is 12.8. The van der Waals surface area contributed by atoms with Gasteiger partial charge in [-0.25, -0.2) is 4.79 Å². The van der Waals surface area contributed by atoms with Gasteiger partial charge in [0.1, 0.15) is 5.75 Å². The van der Waals surface area contributed by atoms with Gasteiger partial charge in [-0.3, -0.25) is 4.79 Å². The standard InChI is InChI=1S/C27H24N2O6/c30-23-9-5-4-8-21(23)25-16-22(29-35-25)26(32)28-20(15-24(31)27(33)34)14-17-10-12-19(13-11-17)18-6-2-1-3-7-18/h1-13,16,20,24,30-31H,14-15H2,(H,28,32)(H,33,34)/t20-,24-/m1/s1. The Kier molecular flexibility index (Phi) is 7.23. The molecule has 178 valence electrons. The number of aromatic nitrogens is 1. The highest BCUT2D eigenvalue weighted by Gasteiger charge is 2.24. The van der Waals surface area contributed by atoms with Crippen LogP contribution in [0.1, 0.15) is 22.5 Å². The van der Waals surface area contributed by atoms with Crippen molar-refractivity contribution in [2.24, 2.45) is 0 Å². The fourth-order valence-corrected chi connectivity index (χ4v) is 3.76. The van der Waals surface area contributed by atoms with Crippen LogP contribution in [0.4, 0.5) is 0 Å². The summed E-state index contributed by atoms with van der Waals surface area (Å²) in [6, 6.07) is 24.8. The molecule has 4 aromatic rings. The van der Waals surface area contributed by atoms with E-state index >= 15 is 0 Å². The lowest BCUT2D eigenvalue weighted by Crippen LogP contribution is -2.40. The molecule has 1 aromatic heterocycles. The molecule has 0 radical (unpaired) electrons. The number of carbonyl (C=O) groups is 2. The Bertz CT molecular complexity index is 1300. The molecule has 4 N–H and O–H groups in total. The van der Waals surface area contributed by atoms with Crippen LogP contribution in [0.2, 0.25) is 0 Å². The minimum Gasteiger partial charge on any atom is -0.507 e. The van der Waals surface area contributed by atoms with Gasteiger partial charge in [0.25, 0.3) is 5.91 Å². The Hall–Kier alpha value is -4.43. The number of carboxylic acid groups (broad SMARTS) is 1. The summed E-state index contributed by atoms with van der Waals surface area (Å²) in [7, 11) is 0. The summed E-state index contributed by atoms with van der Waals surface area (Å²) in [5, 5.41) is 35.6. The van der Waals surface area contributed by atoms with E-state index in [1.165, 1.54) is 12.1 Å². The molecule has 4 rings (SSSR count). The van der Waals surface area contributed by atoms with Gasteiger partial charge in [-0.15, -0.1) is 0 Å². The van der Waals surface area contributed by atoms with Crippen molar-refractivity contribution in [1.29, 1.82) is 0 Å². The van der Waals surface area contributed by atoms with E-state index in [4.69, 9.17) is 9.63 Å². The number of phenols is 1. The molecule has 8 nitrogen and oxygen atoms in total. The van der Waals surface area contributed by atoms with Crippen LogP contribution in [-0.4, -0.2) is 44.5 Å². The van der Waals surface area contributed by atoms with Crippen molar-refractivity contribution < 1.29 is 29.4 Å². The number of hydrogen-bond donors (Lipinski definition) is 4. The van der Waals surface area contributed by atoms with E-state index in [1.807, 2.05) is 54.6 Å². The van der Waals surface area contributed by atoms with Crippen LogP contribution in [0, 0.1) is 0 Å². The van der Waals surface area contributed by atoms with Crippen molar-refractivity contribution in [1.82, 2.24) is 10.5 Å². The summed E-state index contributed by atoms with van der Waals surface area (Å²) in [4.78, 5) is 24.1. The zero-order valence-corrected chi connectivity index (χ0v) is 18.7. The maximum Gasteiger partial charge on any atom is 0.332 e. The number of nitrogens with one attached hydrogen (secondary N) is 1. The smallest absolute Gasteiger partial charge is 0.332 e. The summed E-state index contributed by atoms with van der Waals surface area (Å²) in [6.45, 7) is 0. The summed E-state index contributed by atoms with van der Waals surface area (Å²) >= 11 is 0.